The molecule has 0 aromatic heterocycles. The molecule has 2 rings (SSSR count). The molecule has 0 radical (unpaired) electrons. The van der Waals surface area contributed by atoms with Crippen LogP contribution in [0.4, 0.5) is 24.5 Å². The monoisotopic (exact) mass is 301 g/mol. The Morgan fingerprint density at radius 2 is 2.14 bits per heavy atom. The second kappa shape index (κ2) is 5.83. The van der Waals surface area contributed by atoms with E-state index in [1.807, 2.05) is 0 Å². The molecule has 0 aliphatic carbocycles. The van der Waals surface area contributed by atoms with Crippen LogP contribution in [-0.4, -0.2) is 32.2 Å². The van der Waals surface area contributed by atoms with Gasteiger partial charge in [0.15, 0.2) is 0 Å². The summed E-state index contributed by atoms with van der Waals surface area (Å²) in [5, 5.41) is 2.49. The first-order chi connectivity index (χ1) is 9.82. The number of benzene rings is 1. The number of nitrogens with zero attached hydrogens (tertiary/aromatic N) is 1. The molecule has 1 amide bonds. The Morgan fingerprint density at radius 3 is 2.76 bits per heavy atom. The van der Waals surface area contributed by atoms with Gasteiger partial charge in [0, 0.05) is 25.7 Å². The fourth-order valence-electron chi connectivity index (χ4n) is 2.57. The van der Waals surface area contributed by atoms with Crippen molar-refractivity contribution in [3.8, 4) is 0 Å². The molecule has 1 aliphatic heterocycles. The number of hydrogen-bond acceptors (Lipinski definition) is 3. The van der Waals surface area contributed by atoms with Gasteiger partial charge in [0.25, 0.3) is 5.91 Å². The molecule has 116 valence electrons. The number of rotatable bonds is 2. The van der Waals surface area contributed by atoms with E-state index >= 15 is 0 Å². The van der Waals surface area contributed by atoms with E-state index in [-0.39, 0.29) is 18.9 Å². The Morgan fingerprint density at radius 1 is 1.43 bits per heavy atom. The summed E-state index contributed by atoms with van der Waals surface area (Å²) >= 11 is 0. The normalized spacial score (nSPS) is 19.4. The number of halogens is 3. The van der Waals surface area contributed by atoms with Crippen LogP contribution in [0.2, 0.25) is 0 Å². The van der Waals surface area contributed by atoms with Gasteiger partial charge in [-0.25, -0.2) is 0 Å². The molecular formula is C14H18F3N3O. The fraction of sp³-hybridized carbons (Fsp3) is 0.500. The number of hydrogen-bond donors (Lipinski definition) is 2. The highest BCUT2D eigenvalue weighted by atomic mass is 19.4. The van der Waals surface area contributed by atoms with Gasteiger partial charge in [-0.1, -0.05) is 0 Å². The van der Waals surface area contributed by atoms with Crippen molar-refractivity contribution in [2.75, 3.05) is 30.8 Å². The van der Waals surface area contributed by atoms with E-state index in [9.17, 15) is 18.0 Å². The van der Waals surface area contributed by atoms with Gasteiger partial charge in [0.1, 0.15) is 0 Å². The first-order valence-corrected chi connectivity index (χ1v) is 6.76. The SMILES string of the molecule is CNC(=O)c1ccc(N)c(N2CCCC(C(F)(F)F)C2)c1. The Kier molecular flexibility index (Phi) is 4.29. The van der Waals surface area contributed by atoms with Gasteiger partial charge in [0.2, 0.25) is 0 Å². The molecule has 1 saturated heterocycles. The smallest absolute Gasteiger partial charge is 0.393 e. The minimum Gasteiger partial charge on any atom is -0.397 e. The van der Waals surface area contributed by atoms with Crippen LogP contribution in [0.15, 0.2) is 18.2 Å². The van der Waals surface area contributed by atoms with Gasteiger partial charge in [-0.2, -0.15) is 13.2 Å². The maximum Gasteiger partial charge on any atom is 0.393 e. The Hall–Kier alpha value is -1.92. The fourth-order valence-corrected chi connectivity index (χ4v) is 2.57. The summed E-state index contributed by atoms with van der Waals surface area (Å²) in [5.41, 5.74) is 7.12. The summed E-state index contributed by atoms with van der Waals surface area (Å²) < 4.78 is 38.6. The molecule has 1 aromatic rings. The lowest BCUT2D eigenvalue weighted by Gasteiger charge is -2.36. The number of alkyl halides is 3. The molecular weight excluding hydrogens is 283 g/mol. The highest BCUT2D eigenvalue weighted by molar-refractivity contribution is 5.96. The van der Waals surface area contributed by atoms with Crippen LogP contribution in [0.3, 0.4) is 0 Å². The lowest BCUT2D eigenvalue weighted by molar-refractivity contribution is -0.175. The average Bonchev–Trinajstić information content (AvgIpc) is 2.46. The number of carbonyl (C=O) groups excluding carboxylic acids is 1. The largest absolute Gasteiger partial charge is 0.397 e. The van der Waals surface area contributed by atoms with E-state index in [1.54, 1.807) is 23.1 Å². The number of piperidine rings is 1. The Bertz CT molecular complexity index is 531. The number of nitrogens with two attached hydrogens (primary N) is 1. The summed E-state index contributed by atoms with van der Waals surface area (Å²) in [6.07, 6.45) is -3.62. The van der Waals surface area contributed by atoms with Gasteiger partial charge in [-0.3, -0.25) is 4.79 Å². The van der Waals surface area contributed by atoms with Crippen molar-refractivity contribution in [2.24, 2.45) is 5.92 Å². The molecule has 3 N–H and O–H groups in total. The molecule has 1 heterocycles. The van der Waals surface area contributed by atoms with Gasteiger partial charge >= 0.3 is 6.18 Å². The van der Waals surface area contributed by atoms with E-state index in [2.05, 4.69) is 5.32 Å². The van der Waals surface area contributed by atoms with E-state index < -0.39 is 12.1 Å². The Balaban J connectivity index is 2.26. The molecule has 21 heavy (non-hydrogen) atoms. The summed E-state index contributed by atoms with van der Waals surface area (Å²) in [5.74, 6) is -1.64. The topological polar surface area (TPSA) is 58.4 Å². The summed E-state index contributed by atoms with van der Waals surface area (Å²) in [4.78, 5) is 13.2. The summed E-state index contributed by atoms with van der Waals surface area (Å²) in [7, 11) is 1.50. The molecule has 1 unspecified atom stereocenters. The summed E-state index contributed by atoms with van der Waals surface area (Å²) in [6.45, 7) is 0.388. The van der Waals surface area contributed by atoms with E-state index in [1.165, 1.54) is 7.05 Å². The van der Waals surface area contributed by atoms with Crippen LogP contribution in [0.1, 0.15) is 23.2 Å². The van der Waals surface area contributed by atoms with Crippen molar-refractivity contribution < 1.29 is 18.0 Å². The van der Waals surface area contributed by atoms with Crippen LogP contribution in [0.5, 0.6) is 0 Å². The predicted octanol–water partition coefficient (Wildman–Crippen LogP) is 2.41. The van der Waals surface area contributed by atoms with Crippen LogP contribution in [0.25, 0.3) is 0 Å². The van der Waals surface area contributed by atoms with Gasteiger partial charge < -0.3 is 16.0 Å². The van der Waals surface area contributed by atoms with Crippen molar-refractivity contribution in [3.05, 3.63) is 23.8 Å². The molecule has 7 heteroatoms. The van der Waals surface area contributed by atoms with Crippen molar-refractivity contribution in [1.29, 1.82) is 0 Å². The minimum absolute atomic E-state index is 0.120. The van der Waals surface area contributed by atoms with Gasteiger partial charge in [-0.15, -0.1) is 0 Å². The van der Waals surface area contributed by atoms with Crippen molar-refractivity contribution in [3.63, 3.8) is 0 Å². The molecule has 1 aromatic carbocycles. The molecule has 0 saturated carbocycles. The average molecular weight is 301 g/mol. The summed E-state index contributed by atoms with van der Waals surface area (Å²) in [6, 6.07) is 4.66. The first kappa shape index (κ1) is 15.5. The third kappa shape index (κ3) is 3.40. The molecule has 0 spiro atoms. The number of carbonyl (C=O) groups is 1. The van der Waals surface area contributed by atoms with Gasteiger partial charge in [0.05, 0.1) is 17.3 Å². The van der Waals surface area contributed by atoms with Crippen LogP contribution in [-0.2, 0) is 0 Å². The predicted molar refractivity (Wildman–Crippen MR) is 75.2 cm³/mol. The number of anilines is 2. The molecule has 1 aliphatic rings. The second-order valence-electron chi connectivity index (χ2n) is 5.18. The standard InChI is InChI=1S/C14H18F3N3O/c1-19-13(21)9-4-5-11(18)12(7-9)20-6-2-3-10(8-20)14(15,16)17/h4-5,7,10H,2-3,6,8,18H2,1H3,(H,19,21). The highest BCUT2D eigenvalue weighted by Gasteiger charge is 2.42. The van der Waals surface area contributed by atoms with Gasteiger partial charge in [-0.05, 0) is 31.0 Å². The zero-order valence-corrected chi connectivity index (χ0v) is 11.7. The maximum atomic E-state index is 12.9. The molecule has 0 bridgehead atoms. The zero-order chi connectivity index (χ0) is 15.6. The highest BCUT2D eigenvalue weighted by Crippen LogP contribution is 2.36. The minimum atomic E-state index is -4.20. The van der Waals surface area contributed by atoms with E-state index in [0.29, 0.717) is 29.9 Å². The lowest BCUT2D eigenvalue weighted by Crippen LogP contribution is -2.42. The van der Waals surface area contributed by atoms with Crippen LogP contribution < -0.4 is 16.0 Å². The van der Waals surface area contributed by atoms with Crippen molar-refractivity contribution >= 4 is 17.3 Å². The Labute approximate surface area is 121 Å². The molecule has 4 nitrogen and oxygen atoms in total. The molecule has 1 atom stereocenters. The third-order valence-electron chi connectivity index (χ3n) is 3.74. The third-order valence-corrected chi connectivity index (χ3v) is 3.74. The number of nitrogen functional groups attached to an aromatic ring is 1. The maximum absolute atomic E-state index is 12.9. The number of nitrogens with one attached hydrogen (secondary N) is 1. The van der Waals surface area contributed by atoms with Crippen molar-refractivity contribution in [1.82, 2.24) is 5.32 Å². The second-order valence-corrected chi connectivity index (χ2v) is 5.18. The zero-order valence-electron chi connectivity index (χ0n) is 11.7. The quantitative estimate of drug-likeness (QED) is 0.825. The molecule has 1 fully saturated rings. The first-order valence-electron chi connectivity index (χ1n) is 6.76. The van der Waals surface area contributed by atoms with E-state index in [0.717, 1.165) is 0 Å². The van der Waals surface area contributed by atoms with E-state index in [4.69, 9.17) is 5.73 Å². The van der Waals surface area contributed by atoms with Crippen LogP contribution >= 0.6 is 0 Å². The number of amides is 1. The lowest BCUT2D eigenvalue weighted by atomic mass is 9.96. The van der Waals surface area contributed by atoms with Crippen LogP contribution in [0, 0.1) is 5.92 Å². The van der Waals surface area contributed by atoms with Crippen molar-refractivity contribution in [2.45, 2.75) is 19.0 Å².